The number of ether oxygens (including phenoxy) is 2. The Kier molecular flexibility index (Phi) is 8.81. The summed E-state index contributed by atoms with van der Waals surface area (Å²) in [6.45, 7) is 1.25. The van der Waals surface area contributed by atoms with Crippen LogP contribution in [0.1, 0.15) is 18.1 Å². The van der Waals surface area contributed by atoms with Crippen LogP contribution >= 0.6 is 11.6 Å². The molecule has 0 aliphatic heterocycles. The number of carbonyl (C=O) groups is 3. The topological polar surface area (TPSA) is 93.7 Å². The first kappa shape index (κ1) is 24.1. The number of amides is 2. The Bertz CT molecular complexity index is 953. The van der Waals surface area contributed by atoms with Crippen molar-refractivity contribution < 1.29 is 28.2 Å². The lowest BCUT2D eigenvalue weighted by molar-refractivity contribution is -0.145. The van der Waals surface area contributed by atoms with Gasteiger partial charge in [0.15, 0.2) is 0 Å². The van der Waals surface area contributed by atoms with Crippen molar-refractivity contribution in [3.63, 3.8) is 0 Å². The van der Waals surface area contributed by atoms with E-state index in [-0.39, 0.29) is 18.4 Å². The third-order valence-electron chi connectivity index (χ3n) is 4.53. The highest BCUT2D eigenvalue weighted by Crippen LogP contribution is 2.25. The number of hydrogen-bond acceptors (Lipinski definition) is 5. The van der Waals surface area contributed by atoms with Crippen LogP contribution in [0.2, 0.25) is 5.02 Å². The van der Waals surface area contributed by atoms with Gasteiger partial charge in [0, 0.05) is 19.8 Å². The van der Waals surface area contributed by atoms with Crippen LogP contribution in [-0.4, -0.2) is 44.1 Å². The van der Waals surface area contributed by atoms with E-state index in [1.54, 1.807) is 24.3 Å². The van der Waals surface area contributed by atoms with Gasteiger partial charge in [-0.25, -0.2) is 9.18 Å². The van der Waals surface area contributed by atoms with Crippen LogP contribution < -0.4 is 15.4 Å². The third-order valence-corrected chi connectivity index (χ3v) is 4.83. The number of hydrogen-bond donors (Lipinski definition) is 2. The predicted molar refractivity (Wildman–Crippen MR) is 113 cm³/mol. The molecule has 2 aromatic carbocycles. The lowest BCUT2D eigenvalue weighted by atomic mass is 10.0. The highest BCUT2D eigenvalue weighted by atomic mass is 35.5. The molecule has 166 valence electrons. The van der Waals surface area contributed by atoms with E-state index in [9.17, 15) is 18.8 Å². The lowest BCUT2D eigenvalue weighted by Crippen LogP contribution is -2.53. The van der Waals surface area contributed by atoms with Crippen LogP contribution in [0.4, 0.5) is 4.39 Å². The Labute approximate surface area is 184 Å². The molecule has 2 atom stereocenters. The predicted octanol–water partition coefficient (Wildman–Crippen LogP) is 2.44. The third kappa shape index (κ3) is 6.96. The highest BCUT2D eigenvalue weighted by Gasteiger charge is 2.28. The van der Waals surface area contributed by atoms with Crippen LogP contribution in [0, 0.1) is 5.82 Å². The van der Waals surface area contributed by atoms with Gasteiger partial charge in [0.2, 0.25) is 11.8 Å². The summed E-state index contributed by atoms with van der Waals surface area (Å²) in [5, 5.41) is 5.44. The number of benzene rings is 2. The van der Waals surface area contributed by atoms with Crippen molar-refractivity contribution in [3.8, 4) is 5.75 Å². The Morgan fingerprint density at radius 1 is 1.03 bits per heavy atom. The zero-order chi connectivity index (χ0) is 23.0. The van der Waals surface area contributed by atoms with Gasteiger partial charge < -0.3 is 20.1 Å². The number of halogens is 2. The molecule has 0 unspecified atom stereocenters. The number of nitrogens with one attached hydrogen (secondary N) is 2. The van der Waals surface area contributed by atoms with Crippen molar-refractivity contribution in [2.24, 2.45) is 0 Å². The molecule has 9 heteroatoms. The molecule has 0 bridgehead atoms. The molecule has 0 aliphatic rings. The SMILES string of the molecule is COC(=O)[C@@H](Cc1ccc(OC)c(Cl)c1)NC(=O)[C@H](Cc1ccccc1F)NC(C)=O. The summed E-state index contributed by atoms with van der Waals surface area (Å²) in [6, 6.07) is 8.79. The first-order valence-electron chi connectivity index (χ1n) is 9.46. The first-order valence-corrected chi connectivity index (χ1v) is 9.84. The van der Waals surface area contributed by atoms with Crippen LogP contribution in [0.5, 0.6) is 5.75 Å². The molecule has 0 spiro atoms. The van der Waals surface area contributed by atoms with Gasteiger partial charge in [-0.1, -0.05) is 35.9 Å². The molecular weight excluding hydrogens is 427 g/mol. The standard InChI is InChI=1S/C22H24ClFN2O5/c1-13(27)25-18(12-15-6-4-5-7-17(15)24)21(28)26-19(22(29)31-3)11-14-8-9-20(30-2)16(23)10-14/h4-10,18-19H,11-12H2,1-3H3,(H,25,27)(H,26,28)/t18-,19+/m0/s1. The van der Waals surface area contributed by atoms with E-state index in [2.05, 4.69) is 10.6 Å². The van der Waals surface area contributed by atoms with Crippen LogP contribution in [0.25, 0.3) is 0 Å². The van der Waals surface area contributed by atoms with Gasteiger partial charge in [-0.2, -0.15) is 0 Å². The van der Waals surface area contributed by atoms with Crippen molar-refractivity contribution in [1.29, 1.82) is 0 Å². The first-order chi connectivity index (χ1) is 14.7. The monoisotopic (exact) mass is 450 g/mol. The average Bonchev–Trinajstić information content (AvgIpc) is 2.73. The summed E-state index contributed by atoms with van der Waals surface area (Å²) in [4.78, 5) is 36.8. The number of carbonyl (C=O) groups excluding carboxylic acids is 3. The smallest absolute Gasteiger partial charge is 0.328 e. The quantitative estimate of drug-likeness (QED) is 0.572. The van der Waals surface area contributed by atoms with E-state index in [0.29, 0.717) is 16.3 Å². The maximum atomic E-state index is 14.0. The van der Waals surface area contributed by atoms with Crippen molar-refractivity contribution >= 4 is 29.4 Å². The molecular formula is C22H24ClFN2O5. The summed E-state index contributed by atoms with van der Waals surface area (Å²) in [5.41, 5.74) is 0.916. The molecule has 2 amide bonds. The lowest BCUT2D eigenvalue weighted by Gasteiger charge is -2.22. The fourth-order valence-corrected chi connectivity index (χ4v) is 3.30. The molecule has 0 heterocycles. The van der Waals surface area contributed by atoms with Gasteiger partial charge in [0.05, 0.1) is 19.2 Å². The zero-order valence-electron chi connectivity index (χ0n) is 17.4. The average molecular weight is 451 g/mol. The fourth-order valence-electron chi connectivity index (χ4n) is 3.02. The molecule has 0 aromatic heterocycles. The van der Waals surface area contributed by atoms with Gasteiger partial charge in [0.25, 0.3) is 0 Å². The van der Waals surface area contributed by atoms with Crippen LogP contribution in [0.15, 0.2) is 42.5 Å². The Morgan fingerprint density at radius 3 is 2.32 bits per heavy atom. The van der Waals surface area contributed by atoms with Crippen molar-refractivity contribution in [2.75, 3.05) is 14.2 Å². The molecule has 0 saturated carbocycles. The van der Waals surface area contributed by atoms with E-state index in [0.717, 1.165) is 0 Å². The molecule has 2 aromatic rings. The Hall–Kier alpha value is -3.13. The van der Waals surface area contributed by atoms with Gasteiger partial charge in [-0.15, -0.1) is 0 Å². The minimum atomic E-state index is -1.08. The highest BCUT2D eigenvalue weighted by molar-refractivity contribution is 6.32. The van der Waals surface area contributed by atoms with E-state index in [1.165, 1.54) is 39.3 Å². The largest absolute Gasteiger partial charge is 0.495 e. The molecule has 0 saturated heterocycles. The molecule has 31 heavy (non-hydrogen) atoms. The molecule has 0 fully saturated rings. The van der Waals surface area contributed by atoms with Crippen LogP contribution in [0.3, 0.4) is 0 Å². The van der Waals surface area contributed by atoms with Gasteiger partial charge in [-0.3, -0.25) is 9.59 Å². The van der Waals surface area contributed by atoms with Crippen molar-refractivity contribution in [1.82, 2.24) is 10.6 Å². The minimum Gasteiger partial charge on any atom is -0.495 e. The second-order valence-corrected chi connectivity index (χ2v) is 7.21. The second kappa shape index (κ2) is 11.3. The summed E-state index contributed by atoms with van der Waals surface area (Å²) >= 11 is 6.13. The molecule has 7 nitrogen and oxygen atoms in total. The molecule has 0 radical (unpaired) electrons. The number of rotatable bonds is 9. The minimum absolute atomic E-state index is 0.0830. The molecule has 2 rings (SSSR count). The number of esters is 1. The van der Waals surface area contributed by atoms with Crippen LogP contribution in [-0.2, 0) is 32.0 Å². The van der Waals surface area contributed by atoms with Gasteiger partial charge in [-0.05, 0) is 29.3 Å². The molecule has 2 N–H and O–H groups in total. The normalized spacial score (nSPS) is 12.4. The number of methoxy groups -OCH3 is 2. The van der Waals surface area contributed by atoms with E-state index in [4.69, 9.17) is 21.1 Å². The summed E-state index contributed by atoms with van der Waals surface area (Å²) < 4.78 is 24.0. The second-order valence-electron chi connectivity index (χ2n) is 6.81. The van der Waals surface area contributed by atoms with E-state index in [1.807, 2.05) is 0 Å². The zero-order valence-corrected chi connectivity index (χ0v) is 18.2. The van der Waals surface area contributed by atoms with E-state index >= 15 is 0 Å². The van der Waals surface area contributed by atoms with Crippen molar-refractivity contribution in [2.45, 2.75) is 31.8 Å². The summed E-state index contributed by atoms with van der Waals surface area (Å²) in [6.07, 6.45) is 0.00889. The Morgan fingerprint density at radius 2 is 1.74 bits per heavy atom. The summed E-state index contributed by atoms with van der Waals surface area (Å²) in [7, 11) is 2.68. The van der Waals surface area contributed by atoms with E-state index < -0.39 is 35.7 Å². The molecule has 0 aliphatic carbocycles. The Balaban J connectivity index is 2.21. The fraction of sp³-hybridized carbons (Fsp3) is 0.318. The summed E-state index contributed by atoms with van der Waals surface area (Å²) in [5.74, 6) is -1.81. The maximum Gasteiger partial charge on any atom is 0.328 e. The maximum absolute atomic E-state index is 14.0. The van der Waals surface area contributed by atoms with Gasteiger partial charge in [0.1, 0.15) is 23.7 Å². The van der Waals surface area contributed by atoms with Gasteiger partial charge >= 0.3 is 5.97 Å². The van der Waals surface area contributed by atoms with Crippen molar-refractivity contribution in [3.05, 3.63) is 64.4 Å².